The van der Waals surface area contributed by atoms with Crippen molar-refractivity contribution in [3.8, 4) is 0 Å². The van der Waals surface area contributed by atoms with E-state index in [1.165, 1.54) is 0 Å². The molecule has 1 rings (SSSR count). The van der Waals surface area contributed by atoms with E-state index >= 15 is 0 Å². The predicted molar refractivity (Wildman–Crippen MR) is 95.6 cm³/mol. The van der Waals surface area contributed by atoms with Crippen LogP contribution in [0.3, 0.4) is 0 Å². The summed E-state index contributed by atoms with van der Waals surface area (Å²) in [5.74, 6) is 0. The summed E-state index contributed by atoms with van der Waals surface area (Å²) in [6.45, 7) is -0.825. The number of hydrogen-bond acceptors (Lipinski definition) is 14. The molecule has 174 valence electrons. The Morgan fingerprint density at radius 1 is 0.655 bits per heavy atom. The van der Waals surface area contributed by atoms with Gasteiger partial charge in [0.05, 0.1) is 31.6 Å². The summed E-state index contributed by atoms with van der Waals surface area (Å²) >= 11 is 0. The van der Waals surface area contributed by atoms with Gasteiger partial charge in [0.15, 0.2) is 12.4 Å². The van der Waals surface area contributed by atoms with Crippen LogP contribution in [0, 0.1) is 0 Å². The van der Waals surface area contributed by atoms with Gasteiger partial charge in [0, 0.05) is 7.11 Å². The second kappa shape index (κ2) is 9.37. The predicted octanol–water partition coefficient (Wildman–Crippen LogP) is -2.63. The molecule has 14 nitrogen and oxygen atoms in total. The van der Waals surface area contributed by atoms with Gasteiger partial charge in [-0.2, -0.15) is 33.7 Å². The van der Waals surface area contributed by atoms with Gasteiger partial charge in [-0.15, -0.1) is 0 Å². The lowest BCUT2D eigenvalue weighted by Gasteiger charge is -2.43. The second-order valence-corrected chi connectivity index (χ2v) is 12.5. The van der Waals surface area contributed by atoms with Crippen molar-refractivity contribution in [1.82, 2.24) is 0 Å². The molecule has 0 N–H and O–H groups in total. The van der Waals surface area contributed by atoms with E-state index in [1.807, 2.05) is 0 Å². The van der Waals surface area contributed by atoms with Crippen molar-refractivity contribution in [3.05, 3.63) is 0 Å². The van der Waals surface area contributed by atoms with Gasteiger partial charge in [0.2, 0.25) is 0 Å². The van der Waals surface area contributed by atoms with Gasteiger partial charge in [0.1, 0.15) is 18.3 Å². The van der Waals surface area contributed by atoms with Crippen LogP contribution in [0.25, 0.3) is 0 Å². The zero-order chi connectivity index (χ0) is 22.8. The van der Waals surface area contributed by atoms with Gasteiger partial charge in [0.25, 0.3) is 40.5 Å². The highest BCUT2D eigenvalue weighted by atomic mass is 32.2. The highest BCUT2D eigenvalue weighted by molar-refractivity contribution is 7.86. The topological polar surface area (TPSA) is 192 Å². The summed E-state index contributed by atoms with van der Waals surface area (Å²) in [7, 11) is -15.8. The maximum atomic E-state index is 11.7. The number of methoxy groups -OCH3 is 1. The monoisotopic (exact) mass is 506 g/mol. The van der Waals surface area contributed by atoms with Crippen molar-refractivity contribution < 1.29 is 59.9 Å². The molecule has 1 aliphatic rings. The van der Waals surface area contributed by atoms with E-state index in [0.29, 0.717) is 25.0 Å². The molecule has 0 unspecified atom stereocenters. The molecule has 1 aliphatic heterocycles. The largest absolute Gasteiger partial charge is 0.353 e. The molecule has 0 aromatic carbocycles. The maximum Gasteiger partial charge on any atom is 0.264 e. The minimum atomic E-state index is -4.32. The zero-order valence-corrected chi connectivity index (χ0v) is 19.2. The SMILES string of the molecule is CO[C@@H]1O[C@@H](COS(C)(=O)=O)[C@@H](OS(C)(=O)=O)[C@@H](OS(C)(=O)=O)[C@@H]1OS(C)(=O)=O. The number of rotatable bonds is 10. The van der Waals surface area contributed by atoms with E-state index < -0.39 is 77.8 Å². The smallest absolute Gasteiger partial charge is 0.264 e. The molecular weight excluding hydrogens is 484 g/mol. The van der Waals surface area contributed by atoms with Crippen LogP contribution in [0.1, 0.15) is 0 Å². The molecule has 18 heteroatoms. The summed E-state index contributed by atoms with van der Waals surface area (Å²) in [6.07, 6.45) is -6.25. The Morgan fingerprint density at radius 2 is 1.07 bits per heavy atom. The summed E-state index contributed by atoms with van der Waals surface area (Å²) in [4.78, 5) is 0. The highest BCUT2D eigenvalue weighted by Gasteiger charge is 2.53. The molecule has 0 radical (unpaired) electrons. The lowest BCUT2D eigenvalue weighted by molar-refractivity contribution is -0.276. The minimum absolute atomic E-state index is 0.612. The Labute approximate surface area is 169 Å². The second-order valence-electron chi connectivity index (χ2n) is 6.06. The molecule has 0 aromatic heterocycles. The van der Waals surface area contributed by atoms with E-state index in [0.717, 1.165) is 7.11 Å². The first-order chi connectivity index (χ1) is 12.8. The van der Waals surface area contributed by atoms with Crippen LogP contribution >= 0.6 is 0 Å². The first kappa shape index (κ1) is 26.6. The molecule has 0 saturated carbocycles. The van der Waals surface area contributed by atoms with Crippen molar-refractivity contribution in [2.45, 2.75) is 30.7 Å². The van der Waals surface area contributed by atoms with Crippen LogP contribution in [-0.2, 0) is 66.7 Å². The zero-order valence-electron chi connectivity index (χ0n) is 15.9. The third-order valence-corrected chi connectivity index (χ3v) is 5.41. The van der Waals surface area contributed by atoms with Crippen molar-refractivity contribution >= 4 is 40.5 Å². The van der Waals surface area contributed by atoms with E-state index in [-0.39, 0.29) is 0 Å². The van der Waals surface area contributed by atoms with E-state index in [9.17, 15) is 33.7 Å². The Morgan fingerprint density at radius 3 is 1.45 bits per heavy atom. The molecule has 1 heterocycles. The fourth-order valence-electron chi connectivity index (χ4n) is 2.33. The average molecular weight is 507 g/mol. The van der Waals surface area contributed by atoms with Gasteiger partial charge >= 0.3 is 0 Å². The van der Waals surface area contributed by atoms with Crippen molar-refractivity contribution in [2.24, 2.45) is 0 Å². The van der Waals surface area contributed by atoms with Crippen LogP contribution in [0.15, 0.2) is 0 Å². The number of hydrogen-bond donors (Lipinski definition) is 0. The van der Waals surface area contributed by atoms with Crippen LogP contribution in [0.4, 0.5) is 0 Å². The van der Waals surface area contributed by atoms with Crippen LogP contribution in [-0.4, -0.2) is 103 Å². The molecule has 0 spiro atoms. The molecule has 0 bridgehead atoms. The van der Waals surface area contributed by atoms with Gasteiger partial charge in [-0.1, -0.05) is 0 Å². The highest BCUT2D eigenvalue weighted by Crippen LogP contribution is 2.31. The van der Waals surface area contributed by atoms with Gasteiger partial charge in [-0.3, -0.25) is 16.7 Å². The Balaban J connectivity index is 3.49. The van der Waals surface area contributed by atoms with Crippen LogP contribution in [0.2, 0.25) is 0 Å². The summed E-state index contributed by atoms with van der Waals surface area (Å²) < 4.78 is 122. The molecule has 29 heavy (non-hydrogen) atoms. The lowest BCUT2D eigenvalue weighted by Crippen LogP contribution is -2.62. The summed E-state index contributed by atoms with van der Waals surface area (Å²) in [5, 5.41) is 0. The Bertz CT molecular complexity index is 980. The minimum Gasteiger partial charge on any atom is -0.353 e. The third-order valence-electron chi connectivity index (χ3n) is 3.13. The fraction of sp³-hybridized carbons (Fsp3) is 1.00. The summed E-state index contributed by atoms with van der Waals surface area (Å²) in [6, 6.07) is 0. The lowest BCUT2D eigenvalue weighted by atomic mass is 9.99. The quantitative estimate of drug-likeness (QED) is 0.279. The Hall–Kier alpha value is -0.440. The molecule has 0 amide bonds. The van der Waals surface area contributed by atoms with Gasteiger partial charge in [-0.25, -0.2) is 0 Å². The first-order valence-electron chi connectivity index (χ1n) is 7.49. The van der Waals surface area contributed by atoms with Crippen LogP contribution in [0.5, 0.6) is 0 Å². The first-order valence-corrected chi connectivity index (χ1v) is 14.8. The van der Waals surface area contributed by atoms with Crippen molar-refractivity contribution in [3.63, 3.8) is 0 Å². The summed E-state index contributed by atoms with van der Waals surface area (Å²) in [5.41, 5.74) is 0. The molecule has 1 saturated heterocycles. The molecule has 1 fully saturated rings. The Kier molecular flexibility index (Phi) is 8.59. The number of ether oxygens (including phenoxy) is 2. The van der Waals surface area contributed by atoms with Gasteiger partial charge in [-0.05, 0) is 0 Å². The van der Waals surface area contributed by atoms with Crippen molar-refractivity contribution in [1.29, 1.82) is 0 Å². The van der Waals surface area contributed by atoms with Crippen molar-refractivity contribution in [2.75, 3.05) is 38.7 Å². The molecule has 0 aliphatic carbocycles. The third kappa shape index (κ3) is 9.94. The molecule has 5 atom stereocenters. The normalized spacial score (nSPS) is 29.6. The average Bonchev–Trinajstić information content (AvgIpc) is 2.44. The fourth-order valence-corrected chi connectivity index (χ4v) is 4.57. The standard InChI is InChI=1S/C11H22O14S4/c1-20-11-10(25-29(5,18)19)9(24-28(4,16)17)8(23-27(3,14)15)7(22-11)6-21-26(2,12)13/h7-11H,6H2,1-5H3/t7-,8+,9+,10-,11+/m0/s1. The van der Waals surface area contributed by atoms with E-state index in [4.69, 9.17) is 22.0 Å². The maximum absolute atomic E-state index is 11.7. The molecule has 0 aromatic rings. The molecular formula is C11H22O14S4. The van der Waals surface area contributed by atoms with E-state index in [1.54, 1.807) is 0 Å². The van der Waals surface area contributed by atoms with Gasteiger partial charge < -0.3 is 9.47 Å². The van der Waals surface area contributed by atoms with Crippen LogP contribution < -0.4 is 0 Å². The van der Waals surface area contributed by atoms with E-state index in [2.05, 4.69) is 4.18 Å².